The van der Waals surface area contributed by atoms with Gasteiger partial charge in [-0.25, -0.2) is 0 Å². The van der Waals surface area contributed by atoms with Crippen LogP contribution >= 0.6 is 34.7 Å². The van der Waals surface area contributed by atoms with E-state index in [9.17, 15) is 4.79 Å². The van der Waals surface area contributed by atoms with Gasteiger partial charge >= 0.3 is 0 Å². The highest BCUT2D eigenvalue weighted by molar-refractivity contribution is 7.98. The lowest BCUT2D eigenvalue weighted by Gasteiger charge is -2.16. The zero-order valence-electron chi connectivity index (χ0n) is 13.3. The lowest BCUT2D eigenvalue weighted by atomic mass is 10.1. The van der Waals surface area contributed by atoms with Gasteiger partial charge in [0.05, 0.1) is 4.88 Å². The molecule has 124 valence electrons. The number of benzene rings is 2. The Bertz CT molecular complexity index is 1010. The van der Waals surface area contributed by atoms with Gasteiger partial charge in [0.25, 0.3) is 5.91 Å². The van der Waals surface area contributed by atoms with Crippen LogP contribution in [-0.2, 0) is 12.2 Å². The maximum absolute atomic E-state index is 13.1. The first-order valence-corrected chi connectivity index (χ1v) is 10.3. The van der Waals surface area contributed by atoms with Gasteiger partial charge in [0.1, 0.15) is 0 Å². The van der Waals surface area contributed by atoms with Crippen LogP contribution in [0.1, 0.15) is 20.8 Å². The molecule has 0 radical (unpaired) electrons. The number of halogens is 1. The second-order valence-corrected chi connectivity index (χ2v) is 8.74. The van der Waals surface area contributed by atoms with E-state index in [0.717, 1.165) is 34.3 Å². The number of para-hydroxylation sites is 1. The molecule has 2 aliphatic heterocycles. The first-order valence-electron chi connectivity index (χ1n) is 8.16. The number of fused-ring (bicyclic) bond motifs is 4. The molecule has 3 heterocycles. The summed E-state index contributed by atoms with van der Waals surface area (Å²) in [5, 5.41) is 0.760. The van der Waals surface area contributed by atoms with Gasteiger partial charge in [-0.3, -0.25) is 4.79 Å². The Morgan fingerprint density at radius 3 is 2.88 bits per heavy atom. The fourth-order valence-electron chi connectivity index (χ4n) is 3.51. The molecule has 2 aromatic carbocycles. The number of hydrogen-bond acceptors (Lipinski definition) is 3. The highest BCUT2D eigenvalue weighted by Crippen LogP contribution is 2.46. The van der Waals surface area contributed by atoms with Gasteiger partial charge in [-0.2, -0.15) is 0 Å². The molecule has 0 unspecified atom stereocenters. The topological polar surface area (TPSA) is 20.3 Å². The minimum Gasteiger partial charge on any atom is -0.307 e. The van der Waals surface area contributed by atoms with E-state index in [1.54, 1.807) is 23.1 Å². The molecule has 0 spiro atoms. The Morgan fingerprint density at radius 1 is 1.08 bits per heavy atom. The predicted molar refractivity (Wildman–Crippen MR) is 106 cm³/mol. The van der Waals surface area contributed by atoms with Gasteiger partial charge in [-0.05, 0) is 41.8 Å². The van der Waals surface area contributed by atoms with E-state index in [-0.39, 0.29) is 5.91 Å². The van der Waals surface area contributed by atoms with E-state index in [0.29, 0.717) is 0 Å². The molecule has 25 heavy (non-hydrogen) atoms. The van der Waals surface area contributed by atoms with E-state index < -0.39 is 0 Å². The SMILES string of the molecule is O=C(c1cc2c(s1)-c1ccc(Cl)cc1SC2)N1CCc2ccccc21. The number of carbonyl (C=O) groups excluding carboxylic acids is 1. The number of nitrogens with zero attached hydrogens (tertiary/aromatic N) is 1. The molecule has 0 bridgehead atoms. The third-order valence-corrected chi connectivity index (χ3v) is 7.26. The molecule has 0 atom stereocenters. The molecular weight excluding hydrogens is 370 g/mol. The molecule has 2 aliphatic rings. The summed E-state index contributed by atoms with van der Waals surface area (Å²) in [6.45, 7) is 0.766. The number of thiophene rings is 1. The number of amides is 1. The van der Waals surface area contributed by atoms with E-state index >= 15 is 0 Å². The van der Waals surface area contributed by atoms with Crippen molar-refractivity contribution < 1.29 is 4.79 Å². The lowest BCUT2D eigenvalue weighted by molar-refractivity contribution is 0.0993. The predicted octanol–water partition coefficient (Wildman–Crippen LogP) is 5.88. The Labute approximate surface area is 159 Å². The first-order chi connectivity index (χ1) is 12.2. The number of carbonyl (C=O) groups is 1. The summed E-state index contributed by atoms with van der Waals surface area (Å²) in [6.07, 6.45) is 0.935. The normalized spacial score (nSPS) is 14.8. The third-order valence-electron chi connectivity index (χ3n) is 4.72. The Kier molecular flexibility index (Phi) is 3.66. The van der Waals surface area contributed by atoms with Crippen LogP contribution in [-0.4, -0.2) is 12.5 Å². The second-order valence-electron chi connectivity index (χ2n) is 6.23. The maximum Gasteiger partial charge on any atom is 0.268 e. The van der Waals surface area contributed by atoms with Crippen molar-refractivity contribution in [1.29, 1.82) is 0 Å². The molecule has 2 nitrogen and oxygen atoms in total. The average molecular weight is 384 g/mol. The second kappa shape index (κ2) is 5.90. The van der Waals surface area contributed by atoms with E-state index in [2.05, 4.69) is 18.2 Å². The quantitative estimate of drug-likeness (QED) is 0.523. The number of rotatable bonds is 1. The van der Waals surface area contributed by atoms with Crippen molar-refractivity contribution in [1.82, 2.24) is 0 Å². The van der Waals surface area contributed by atoms with Gasteiger partial charge < -0.3 is 4.90 Å². The van der Waals surface area contributed by atoms with Crippen molar-refractivity contribution in [2.45, 2.75) is 17.1 Å². The largest absolute Gasteiger partial charge is 0.307 e. The molecule has 5 rings (SSSR count). The molecule has 1 amide bonds. The molecule has 5 heteroatoms. The fourth-order valence-corrected chi connectivity index (χ4v) is 6.15. The van der Waals surface area contributed by atoms with Crippen molar-refractivity contribution >= 4 is 46.3 Å². The number of anilines is 1. The standard InChI is InChI=1S/C20H14ClNOS2/c21-14-5-6-15-17(10-14)24-11-13-9-18(25-19(13)15)20(23)22-8-7-12-3-1-2-4-16(12)22/h1-6,9-10H,7-8,11H2. The van der Waals surface area contributed by atoms with Gasteiger partial charge in [-0.1, -0.05) is 35.9 Å². The summed E-state index contributed by atoms with van der Waals surface area (Å²) in [5.41, 5.74) is 4.76. The summed E-state index contributed by atoms with van der Waals surface area (Å²) >= 11 is 9.52. The molecule has 0 saturated heterocycles. The molecule has 0 saturated carbocycles. The molecule has 0 fully saturated rings. The molecule has 1 aromatic heterocycles. The first kappa shape index (κ1) is 15.5. The Morgan fingerprint density at radius 2 is 1.96 bits per heavy atom. The van der Waals surface area contributed by atoms with E-state index in [1.165, 1.54) is 26.5 Å². The van der Waals surface area contributed by atoms with Crippen molar-refractivity contribution in [3.05, 3.63) is 69.6 Å². The summed E-state index contributed by atoms with van der Waals surface area (Å²) in [5.74, 6) is 1.01. The highest BCUT2D eigenvalue weighted by atomic mass is 35.5. The number of thioether (sulfide) groups is 1. The van der Waals surface area contributed by atoms with Crippen molar-refractivity contribution in [3.63, 3.8) is 0 Å². The molecule has 0 N–H and O–H groups in total. The molecule has 0 aliphatic carbocycles. The van der Waals surface area contributed by atoms with Gasteiger partial charge in [0.2, 0.25) is 0 Å². The monoisotopic (exact) mass is 383 g/mol. The van der Waals surface area contributed by atoms with Gasteiger partial charge in [0.15, 0.2) is 0 Å². The summed E-state index contributed by atoms with van der Waals surface area (Å²) in [4.78, 5) is 18.3. The van der Waals surface area contributed by atoms with E-state index in [1.807, 2.05) is 35.2 Å². The van der Waals surface area contributed by atoms with Crippen LogP contribution in [0.15, 0.2) is 53.4 Å². The van der Waals surface area contributed by atoms with Crippen LogP contribution in [0, 0.1) is 0 Å². The van der Waals surface area contributed by atoms with Crippen LogP contribution in [0.3, 0.4) is 0 Å². The van der Waals surface area contributed by atoms with Crippen molar-refractivity contribution in [3.8, 4) is 10.4 Å². The fraction of sp³-hybridized carbons (Fsp3) is 0.150. The smallest absolute Gasteiger partial charge is 0.268 e. The van der Waals surface area contributed by atoms with E-state index in [4.69, 9.17) is 11.6 Å². The van der Waals surface area contributed by atoms with Gasteiger partial charge in [0, 0.05) is 38.3 Å². The average Bonchev–Trinajstić information content (AvgIpc) is 3.25. The zero-order valence-corrected chi connectivity index (χ0v) is 15.7. The summed E-state index contributed by atoms with van der Waals surface area (Å²) in [7, 11) is 0. The van der Waals surface area contributed by atoms with Gasteiger partial charge in [-0.15, -0.1) is 23.1 Å². The minimum atomic E-state index is 0.116. The number of hydrogen-bond donors (Lipinski definition) is 0. The van der Waals surface area contributed by atoms with Crippen LogP contribution in [0.4, 0.5) is 5.69 Å². The zero-order chi connectivity index (χ0) is 17.0. The molecule has 3 aromatic rings. The van der Waals surface area contributed by atoms with Crippen molar-refractivity contribution in [2.24, 2.45) is 0 Å². The Balaban J connectivity index is 1.53. The summed E-state index contributed by atoms with van der Waals surface area (Å²) in [6, 6.07) is 16.3. The minimum absolute atomic E-state index is 0.116. The Hall–Kier alpha value is -1.75. The van der Waals surface area contributed by atoms with Crippen LogP contribution in [0.5, 0.6) is 0 Å². The van der Waals surface area contributed by atoms with Crippen LogP contribution in [0.25, 0.3) is 10.4 Å². The van der Waals surface area contributed by atoms with Crippen LogP contribution < -0.4 is 4.90 Å². The molecular formula is C20H14ClNOS2. The maximum atomic E-state index is 13.1. The highest BCUT2D eigenvalue weighted by Gasteiger charge is 2.28. The van der Waals surface area contributed by atoms with Crippen molar-refractivity contribution in [2.75, 3.05) is 11.4 Å². The third kappa shape index (κ3) is 2.51. The summed E-state index contributed by atoms with van der Waals surface area (Å²) < 4.78 is 0. The van der Waals surface area contributed by atoms with Crippen LogP contribution in [0.2, 0.25) is 5.02 Å². The lowest BCUT2D eigenvalue weighted by Crippen LogP contribution is -2.28.